The molecule has 1 aromatic carbocycles. The second-order valence-electron chi connectivity index (χ2n) is 4.38. The van der Waals surface area contributed by atoms with E-state index in [1.165, 1.54) is 6.42 Å². The van der Waals surface area contributed by atoms with Crippen molar-refractivity contribution in [2.24, 2.45) is 5.73 Å². The fourth-order valence-corrected chi connectivity index (χ4v) is 2.42. The Morgan fingerprint density at radius 2 is 1.93 bits per heavy atom. The van der Waals surface area contributed by atoms with Crippen LogP contribution in [0, 0.1) is 0 Å². The highest BCUT2D eigenvalue weighted by Gasteiger charge is 2.37. The minimum Gasteiger partial charge on any atom is -0.504 e. The van der Waals surface area contributed by atoms with Crippen molar-refractivity contribution in [1.29, 1.82) is 0 Å². The van der Waals surface area contributed by atoms with Gasteiger partial charge in [0, 0.05) is 0 Å². The average molecular weight is 207 g/mol. The van der Waals surface area contributed by atoms with E-state index in [-0.39, 0.29) is 16.9 Å². The van der Waals surface area contributed by atoms with Crippen molar-refractivity contribution < 1.29 is 10.2 Å². The highest BCUT2D eigenvalue weighted by atomic mass is 16.3. The topological polar surface area (TPSA) is 66.5 Å². The Hall–Kier alpha value is -1.22. The standard InChI is InChI=1S/C12H17NO2/c13-7-6-12(4-1-5-12)9-2-3-10(14)11(15)8-9/h2-3,8,14-15H,1,4-7,13H2. The Bertz CT molecular complexity index is 359. The Morgan fingerprint density at radius 1 is 1.20 bits per heavy atom. The molecule has 0 unspecified atom stereocenters. The highest BCUT2D eigenvalue weighted by Crippen LogP contribution is 2.47. The number of rotatable bonds is 3. The Kier molecular flexibility index (Phi) is 2.57. The normalized spacial score (nSPS) is 18.5. The van der Waals surface area contributed by atoms with E-state index in [1.54, 1.807) is 12.1 Å². The van der Waals surface area contributed by atoms with Gasteiger partial charge in [-0.3, -0.25) is 0 Å². The van der Waals surface area contributed by atoms with Crippen LogP contribution in [-0.4, -0.2) is 16.8 Å². The summed E-state index contributed by atoms with van der Waals surface area (Å²) in [6.07, 6.45) is 4.45. The van der Waals surface area contributed by atoms with Gasteiger partial charge in [0.2, 0.25) is 0 Å². The van der Waals surface area contributed by atoms with Gasteiger partial charge in [-0.05, 0) is 48.9 Å². The SMILES string of the molecule is NCCC1(c2ccc(O)c(O)c2)CCC1. The number of benzene rings is 1. The van der Waals surface area contributed by atoms with Gasteiger partial charge in [0.05, 0.1) is 0 Å². The van der Waals surface area contributed by atoms with Crippen molar-refractivity contribution in [1.82, 2.24) is 0 Å². The van der Waals surface area contributed by atoms with Crippen molar-refractivity contribution in [2.75, 3.05) is 6.54 Å². The number of phenols is 2. The molecule has 0 aromatic heterocycles. The molecule has 0 radical (unpaired) electrons. The molecule has 0 spiro atoms. The molecule has 0 saturated heterocycles. The summed E-state index contributed by atoms with van der Waals surface area (Å²) in [5.41, 5.74) is 6.88. The maximum absolute atomic E-state index is 9.47. The molecule has 3 heteroatoms. The van der Waals surface area contributed by atoms with Crippen molar-refractivity contribution in [3.63, 3.8) is 0 Å². The lowest BCUT2D eigenvalue weighted by molar-refractivity contribution is 0.228. The zero-order chi connectivity index (χ0) is 10.9. The van der Waals surface area contributed by atoms with E-state index in [9.17, 15) is 10.2 Å². The predicted molar refractivity (Wildman–Crippen MR) is 59.0 cm³/mol. The molecule has 2 rings (SSSR count). The number of hydrogen-bond acceptors (Lipinski definition) is 3. The second-order valence-corrected chi connectivity index (χ2v) is 4.38. The molecule has 0 atom stereocenters. The monoisotopic (exact) mass is 207 g/mol. The largest absolute Gasteiger partial charge is 0.504 e. The molecule has 3 nitrogen and oxygen atoms in total. The van der Waals surface area contributed by atoms with Crippen LogP contribution in [0.5, 0.6) is 11.5 Å². The van der Waals surface area contributed by atoms with Gasteiger partial charge in [0.15, 0.2) is 11.5 Å². The molecule has 15 heavy (non-hydrogen) atoms. The molecule has 0 bridgehead atoms. The molecule has 1 aliphatic rings. The highest BCUT2D eigenvalue weighted by molar-refractivity contribution is 5.44. The molecular formula is C12H17NO2. The van der Waals surface area contributed by atoms with Gasteiger partial charge in [0.25, 0.3) is 0 Å². The number of aromatic hydroxyl groups is 2. The quantitative estimate of drug-likeness (QED) is 0.663. The van der Waals surface area contributed by atoms with Crippen molar-refractivity contribution in [3.05, 3.63) is 23.8 Å². The van der Waals surface area contributed by atoms with Crippen LogP contribution in [0.2, 0.25) is 0 Å². The van der Waals surface area contributed by atoms with Crippen LogP contribution in [0.1, 0.15) is 31.2 Å². The molecule has 0 heterocycles. The first-order valence-electron chi connectivity index (χ1n) is 5.40. The van der Waals surface area contributed by atoms with Gasteiger partial charge in [-0.1, -0.05) is 12.5 Å². The van der Waals surface area contributed by atoms with Crippen molar-refractivity contribution >= 4 is 0 Å². The third-order valence-corrected chi connectivity index (χ3v) is 3.52. The summed E-state index contributed by atoms with van der Waals surface area (Å²) in [6.45, 7) is 0.668. The lowest BCUT2D eigenvalue weighted by Crippen LogP contribution is -2.36. The van der Waals surface area contributed by atoms with E-state index in [0.717, 1.165) is 24.8 Å². The van der Waals surface area contributed by atoms with Crippen LogP contribution in [0.4, 0.5) is 0 Å². The third-order valence-electron chi connectivity index (χ3n) is 3.52. The zero-order valence-corrected chi connectivity index (χ0v) is 8.74. The van der Waals surface area contributed by atoms with Crippen LogP contribution in [0.15, 0.2) is 18.2 Å². The van der Waals surface area contributed by atoms with Crippen molar-refractivity contribution in [2.45, 2.75) is 31.1 Å². The molecule has 1 saturated carbocycles. The van der Waals surface area contributed by atoms with Gasteiger partial charge in [0.1, 0.15) is 0 Å². The summed E-state index contributed by atoms with van der Waals surface area (Å²) in [4.78, 5) is 0. The van der Waals surface area contributed by atoms with E-state index in [2.05, 4.69) is 0 Å². The lowest BCUT2D eigenvalue weighted by atomic mass is 9.62. The van der Waals surface area contributed by atoms with Gasteiger partial charge in [-0.15, -0.1) is 0 Å². The lowest BCUT2D eigenvalue weighted by Gasteiger charge is -2.42. The molecule has 1 aliphatic carbocycles. The molecule has 1 aromatic rings. The van der Waals surface area contributed by atoms with Gasteiger partial charge in [-0.25, -0.2) is 0 Å². The van der Waals surface area contributed by atoms with E-state index < -0.39 is 0 Å². The maximum atomic E-state index is 9.47. The van der Waals surface area contributed by atoms with Crippen LogP contribution in [0.3, 0.4) is 0 Å². The fraction of sp³-hybridized carbons (Fsp3) is 0.500. The van der Waals surface area contributed by atoms with Crippen molar-refractivity contribution in [3.8, 4) is 11.5 Å². The van der Waals surface area contributed by atoms with Gasteiger partial charge in [-0.2, -0.15) is 0 Å². The maximum Gasteiger partial charge on any atom is 0.157 e. The van der Waals surface area contributed by atoms with Crippen LogP contribution < -0.4 is 5.73 Å². The first kappa shape index (κ1) is 10.3. The Morgan fingerprint density at radius 3 is 2.40 bits per heavy atom. The third kappa shape index (κ3) is 1.67. The second kappa shape index (κ2) is 3.74. The zero-order valence-electron chi connectivity index (χ0n) is 8.74. The van der Waals surface area contributed by atoms with Crippen LogP contribution in [-0.2, 0) is 5.41 Å². The summed E-state index contributed by atoms with van der Waals surface area (Å²) >= 11 is 0. The number of nitrogens with two attached hydrogens (primary N) is 1. The Balaban J connectivity index is 2.30. The van der Waals surface area contributed by atoms with Gasteiger partial charge < -0.3 is 15.9 Å². The molecule has 4 N–H and O–H groups in total. The summed E-state index contributed by atoms with van der Waals surface area (Å²) < 4.78 is 0. The predicted octanol–water partition coefficient (Wildman–Crippen LogP) is 1.87. The van der Waals surface area contributed by atoms with Gasteiger partial charge >= 0.3 is 0 Å². The minimum atomic E-state index is -0.0547. The van der Waals surface area contributed by atoms with E-state index in [0.29, 0.717) is 6.54 Å². The number of hydrogen-bond donors (Lipinski definition) is 3. The summed E-state index contributed by atoms with van der Waals surface area (Å²) in [5, 5.41) is 18.7. The summed E-state index contributed by atoms with van der Waals surface area (Å²) in [6, 6.07) is 5.12. The minimum absolute atomic E-state index is 0.0317. The smallest absolute Gasteiger partial charge is 0.157 e. The van der Waals surface area contributed by atoms with E-state index in [4.69, 9.17) is 5.73 Å². The first-order valence-corrected chi connectivity index (χ1v) is 5.40. The number of phenolic OH excluding ortho intramolecular Hbond substituents is 2. The molecular weight excluding hydrogens is 190 g/mol. The van der Waals surface area contributed by atoms with Crippen LogP contribution in [0.25, 0.3) is 0 Å². The van der Waals surface area contributed by atoms with E-state index >= 15 is 0 Å². The summed E-state index contributed by atoms with van der Waals surface area (Å²) in [5.74, 6) is -0.0863. The average Bonchev–Trinajstić information content (AvgIpc) is 2.16. The fourth-order valence-electron chi connectivity index (χ4n) is 2.42. The van der Waals surface area contributed by atoms with E-state index in [1.807, 2.05) is 6.07 Å². The molecule has 82 valence electrons. The first-order chi connectivity index (χ1) is 7.18. The molecule has 1 fully saturated rings. The molecule has 0 aliphatic heterocycles. The Labute approximate surface area is 89.5 Å². The molecule has 0 amide bonds. The summed E-state index contributed by atoms with van der Waals surface area (Å²) in [7, 11) is 0. The van der Waals surface area contributed by atoms with Crippen LogP contribution >= 0.6 is 0 Å².